The van der Waals surface area contributed by atoms with Gasteiger partial charge in [0.2, 0.25) is 0 Å². The van der Waals surface area contributed by atoms with E-state index in [1.165, 1.54) is 0 Å². The summed E-state index contributed by atoms with van der Waals surface area (Å²) < 4.78 is 10.9. The summed E-state index contributed by atoms with van der Waals surface area (Å²) in [5, 5.41) is 7.09. The Morgan fingerprint density at radius 1 is 1.39 bits per heavy atom. The average molecular weight is 315 g/mol. The van der Waals surface area contributed by atoms with Gasteiger partial charge in [-0.25, -0.2) is 0 Å². The predicted octanol–water partition coefficient (Wildman–Crippen LogP) is 2.73. The molecule has 0 bridgehead atoms. The van der Waals surface area contributed by atoms with Gasteiger partial charge >= 0.3 is 0 Å². The van der Waals surface area contributed by atoms with Gasteiger partial charge in [-0.1, -0.05) is 11.2 Å². The zero-order chi connectivity index (χ0) is 16.4. The van der Waals surface area contributed by atoms with E-state index < -0.39 is 0 Å². The van der Waals surface area contributed by atoms with E-state index in [0.717, 1.165) is 12.8 Å². The van der Waals surface area contributed by atoms with E-state index in [1.54, 1.807) is 13.1 Å². The van der Waals surface area contributed by atoms with Crippen LogP contribution in [-0.2, 0) is 4.74 Å². The summed E-state index contributed by atoms with van der Waals surface area (Å²) in [6.45, 7) is 6.46. The van der Waals surface area contributed by atoms with E-state index in [4.69, 9.17) is 9.26 Å². The van der Waals surface area contributed by atoms with Crippen LogP contribution in [0.3, 0.4) is 0 Å². The monoisotopic (exact) mass is 315 g/mol. The van der Waals surface area contributed by atoms with Crippen molar-refractivity contribution in [2.75, 3.05) is 6.61 Å². The number of aromatic nitrogens is 2. The molecule has 1 amide bonds. The molecule has 1 unspecified atom stereocenters. The zero-order valence-corrected chi connectivity index (χ0v) is 13.6. The maximum absolute atomic E-state index is 12.7. The second kappa shape index (κ2) is 6.12. The van der Waals surface area contributed by atoms with Crippen molar-refractivity contribution in [3.8, 4) is 11.4 Å². The summed E-state index contributed by atoms with van der Waals surface area (Å²) in [6, 6.07) is 5.57. The average Bonchev–Trinajstić information content (AvgIpc) is 2.89. The molecule has 6 heteroatoms. The smallest absolute Gasteiger partial charge is 0.257 e. The molecule has 0 saturated carbocycles. The quantitative estimate of drug-likeness (QED) is 0.942. The first-order valence-electron chi connectivity index (χ1n) is 7.79. The van der Waals surface area contributed by atoms with Gasteiger partial charge in [0.15, 0.2) is 0 Å². The summed E-state index contributed by atoms with van der Waals surface area (Å²) >= 11 is 0. The molecule has 3 heterocycles. The summed E-state index contributed by atoms with van der Waals surface area (Å²) in [7, 11) is 0. The number of carbonyl (C=O) groups excluding carboxylic acids is 1. The molecule has 6 nitrogen and oxygen atoms in total. The SMILES string of the molecule is Cc1onc(-c2ccccn2)c1C(=O)NC1CCOC(C)(C)C1. The van der Waals surface area contributed by atoms with E-state index in [1.807, 2.05) is 32.0 Å². The number of ether oxygens (including phenoxy) is 1. The third-order valence-corrected chi connectivity index (χ3v) is 4.03. The minimum atomic E-state index is -0.219. The van der Waals surface area contributed by atoms with Crippen LogP contribution in [0, 0.1) is 6.92 Å². The first kappa shape index (κ1) is 15.7. The normalized spacial score (nSPS) is 20.2. The maximum Gasteiger partial charge on any atom is 0.257 e. The lowest BCUT2D eigenvalue weighted by Crippen LogP contribution is -2.45. The lowest BCUT2D eigenvalue weighted by Gasteiger charge is -2.35. The van der Waals surface area contributed by atoms with Gasteiger partial charge in [0.25, 0.3) is 5.91 Å². The van der Waals surface area contributed by atoms with Gasteiger partial charge in [0, 0.05) is 18.8 Å². The number of rotatable bonds is 3. The van der Waals surface area contributed by atoms with Crippen LogP contribution in [0.15, 0.2) is 28.9 Å². The molecule has 1 N–H and O–H groups in total. The van der Waals surface area contributed by atoms with E-state index in [0.29, 0.717) is 29.3 Å². The van der Waals surface area contributed by atoms with E-state index >= 15 is 0 Å². The van der Waals surface area contributed by atoms with Gasteiger partial charge in [0.05, 0.1) is 11.3 Å². The number of aryl methyl sites for hydroxylation is 1. The van der Waals surface area contributed by atoms with Crippen LogP contribution in [0.5, 0.6) is 0 Å². The molecule has 0 radical (unpaired) electrons. The van der Waals surface area contributed by atoms with Crippen molar-refractivity contribution in [2.24, 2.45) is 0 Å². The van der Waals surface area contributed by atoms with Crippen molar-refractivity contribution >= 4 is 5.91 Å². The first-order chi connectivity index (χ1) is 11.0. The van der Waals surface area contributed by atoms with E-state index in [-0.39, 0.29) is 17.6 Å². The molecule has 1 saturated heterocycles. The number of amides is 1. The molecule has 23 heavy (non-hydrogen) atoms. The van der Waals surface area contributed by atoms with Crippen molar-refractivity contribution in [1.29, 1.82) is 0 Å². The highest BCUT2D eigenvalue weighted by atomic mass is 16.5. The molecular weight excluding hydrogens is 294 g/mol. The largest absolute Gasteiger partial charge is 0.375 e. The minimum Gasteiger partial charge on any atom is -0.375 e. The summed E-state index contributed by atoms with van der Waals surface area (Å²) in [4.78, 5) is 17.0. The Kier molecular flexibility index (Phi) is 4.17. The zero-order valence-electron chi connectivity index (χ0n) is 13.6. The van der Waals surface area contributed by atoms with Crippen molar-refractivity contribution in [3.05, 3.63) is 35.7 Å². The fourth-order valence-electron chi connectivity index (χ4n) is 2.93. The van der Waals surface area contributed by atoms with E-state index in [9.17, 15) is 4.79 Å². The molecule has 1 aliphatic rings. The molecule has 1 atom stereocenters. The molecule has 122 valence electrons. The molecule has 3 rings (SSSR count). The molecule has 0 spiro atoms. The Balaban J connectivity index is 1.82. The number of hydrogen-bond acceptors (Lipinski definition) is 5. The van der Waals surface area contributed by atoms with Crippen molar-refractivity contribution in [3.63, 3.8) is 0 Å². The number of nitrogens with one attached hydrogen (secondary N) is 1. The highest BCUT2D eigenvalue weighted by Crippen LogP contribution is 2.26. The minimum absolute atomic E-state index is 0.0807. The molecule has 0 aliphatic carbocycles. The van der Waals surface area contributed by atoms with Gasteiger partial charge in [-0.2, -0.15) is 0 Å². The van der Waals surface area contributed by atoms with Gasteiger partial charge in [-0.3, -0.25) is 9.78 Å². The molecule has 0 aromatic carbocycles. The topological polar surface area (TPSA) is 77.2 Å². The van der Waals surface area contributed by atoms with Crippen LogP contribution in [0.25, 0.3) is 11.4 Å². The molecular formula is C17H21N3O3. The van der Waals surface area contributed by atoms with E-state index in [2.05, 4.69) is 15.5 Å². The maximum atomic E-state index is 12.7. The van der Waals surface area contributed by atoms with Crippen LogP contribution >= 0.6 is 0 Å². The summed E-state index contributed by atoms with van der Waals surface area (Å²) in [6.07, 6.45) is 3.25. The van der Waals surface area contributed by atoms with Crippen molar-refractivity contribution < 1.29 is 14.1 Å². The highest BCUT2D eigenvalue weighted by Gasteiger charge is 2.31. The number of carbonyl (C=O) groups is 1. The standard InChI is InChI=1S/C17H21N3O3/c1-11-14(15(20-23-11)13-6-4-5-8-18-13)16(21)19-12-7-9-22-17(2,3)10-12/h4-6,8,12H,7,9-10H2,1-3H3,(H,19,21). The van der Waals surface area contributed by atoms with Crippen LogP contribution in [0.2, 0.25) is 0 Å². The van der Waals surface area contributed by atoms with Gasteiger partial charge in [0.1, 0.15) is 17.0 Å². The fourth-order valence-corrected chi connectivity index (χ4v) is 2.93. The fraction of sp³-hybridized carbons (Fsp3) is 0.471. The van der Waals surface area contributed by atoms with Gasteiger partial charge in [-0.05, 0) is 45.7 Å². The Morgan fingerprint density at radius 2 is 2.22 bits per heavy atom. The van der Waals surface area contributed by atoms with Crippen LogP contribution in [-0.4, -0.2) is 34.3 Å². The van der Waals surface area contributed by atoms with Crippen molar-refractivity contribution in [2.45, 2.75) is 45.3 Å². The Hall–Kier alpha value is -2.21. The third-order valence-electron chi connectivity index (χ3n) is 4.03. The second-order valence-electron chi connectivity index (χ2n) is 6.45. The number of pyridine rings is 1. The predicted molar refractivity (Wildman–Crippen MR) is 85.0 cm³/mol. The van der Waals surface area contributed by atoms with Crippen LogP contribution in [0.1, 0.15) is 42.8 Å². The third kappa shape index (κ3) is 3.42. The molecule has 2 aromatic heterocycles. The van der Waals surface area contributed by atoms with Gasteiger partial charge in [-0.15, -0.1) is 0 Å². The van der Waals surface area contributed by atoms with Crippen molar-refractivity contribution in [1.82, 2.24) is 15.5 Å². The lowest BCUT2D eigenvalue weighted by molar-refractivity contribution is -0.0615. The number of hydrogen-bond donors (Lipinski definition) is 1. The summed E-state index contributed by atoms with van der Waals surface area (Å²) in [5.41, 5.74) is 1.34. The Bertz CT molecular complexity index is 694. The Morgan fingerprint density at radius 3 is 2.91 bits per heavy atom. The Labute approximate surface area is 135 Å². The first-order valence-corrected chi connectivity index (χ1v) is 7.79. The molecule has 1 aliphatic heterocycles. The van der Waals surface area contributed by atoms with Gasteiger partial charge < -0.3 is 14.6 Å². The van der Waals surface area contributed by atoms with Crippen LogP contribution < -0.4 is 5.32 Å². The van der Waals surface area contributed by atoms with Crippen LogP contribution in [0.4, 0.5) is 0 Å². The number of nitrogens with zero attached hydrogens (tertiary/aromatic N) is 2. The highest BCUT2D eigenvalue weighted by molar-refractivity contribution is 6.00. The second-order valence-corrected chi connectivity index (χ2v) is 6.45. The molecule has 1 fully saturated rings. The summed E-state index contributed by atoms with van der Waals surface area (Å²) in [5.74, 6) is 0.321. The lowest BCUT2D eigenvalue weighted by atomic mass is 9.93. The molecule has 2 aromatic rings.